The molecule has 0 aromatic rings. The van der Waals surface area contributed by atoms with Crippen molar-refractivity contribution in [2.45, 2.75) is 6.10 Å². The summed E-state index contributed by atoms with van der Waals surface area (Å²) in [7, 11) is -2.47. The Balaban J connectivity index is 3.42. The normalized spacial score (nSPS) is 14.2. The SMILES string of the molecule is CNCCOCC(O)CNS(=O)(=O)O. The lowest BCUT2D eigenvalue weighted by atomic mass is 10.4. The second-order valence-corrected chi connectivity index (χ2v) is 3.89. The number of hydrogen-bond acceptors (Lipinski definition) is 5. The van der Waals surface area contributed by atoms with Crippen molar-refractivity contribution in [3.8, 4) is 0 Å². The fourth-order valence-electron chi connectivity index (χ4n) is 0.654. The maximum Gasteiger partial charge on any atom is 0.333 e. The molecule has 0 aliphatic rings. The van der Waals surface area contributed by atoms with E-state index in [9.17, 15) is 8.42 Å². The molecular formula is C6H16N2O5S. The third kappa shape index (κ3) is 9.84. The molecule has 0 rings (SSSR count). The minimum absolute atomic E-state index is 0.0181. The molecule has 0 aromatic carbocycles. The van der Waals surface area contributed by atoms with E-state index in [1.165, 1.54) is 0 Å². The van der Waals surface area contributed by atoms with Crippen molar-refractivity contribution in [1.29, 1.82) is 0 Å². The van der Waals surface area contributed by atoms with Gasteiger partial charge in [0, 0.05) is 13.1 Å². The summed E-state index contributed by atoms with van der Waals surface area (Å²) in [5, 5.41) is 12.0. The van der Waals surface area contributed by atoms with Crippen LogP contribution in [0.25, 0.3) is 0 Å². The summed E-state index contributed by atoms with van der Waals surface area (Å²) < 4.78 is 35.4. The van der Waals surface area contributed by atoms with Gasteiger partial charge in [-0.15, -0.1) is 0 Å². The standard InChI is InChI=1S/C6H16N2O5S/c1-7-2-3-13-5-6(9)4-8-14(10,11)12/h6-9H,2-5H2,1H3,(H,10,11,12). The van der Waals surface area contributed by atoms with Crippen LogP contribution in [-0.2, 0) is 15.0 Å². The Morgan fingerprint density at radius 2 is 2.14 bits per heavy atom. The van der Waals surface area contributed by atoms with E-state index in [1.807, 2.05) is 0 Å². The molecule has 0 radical (unpaired) electrons. The number of rotatable bonds is 8. The molecule has 86 valence electrons. The van der Waals surface area contributed by atoms with Gasteiger partial charge in [-0.1, -0.05) is 0 Å². The van der Waals surface area contributed by atoms with Gasteiger partial charge < -0.3 is 15.2 Å². The zero-order valence-corrected chi connectivity index (χ0v) is 8.75. The fraction of sp³-hybridized carbons (Fsp3) is 1.00. The lowest BCUT2D eigenvalue weighted by molar-refractivity contribution is 0.0411. The molecule has 8 heteroatoms. The van der Waals surface area contributed by atoms with Crippen LogP contribution in [0.3, 0.4) is 0 Å². The smallest absolute Gasteiger partial charge is 0.333 e. The van der Waals surface area contributed by atoms with Crippen LogP contribution in [0.1, 0.15) is 0 Å². The van der Waals surface area contributed by atoms with E-state index in [-0.39, 0.29) is 13.2 Å². The summed E-state index contributed by atoms with van der Waals surface area (Å²) in [5.74, 6) is 0. The molecule has 0 amide bonds. The van der Waals surface area contributed by atoms with Crippen LogP contribution in [0.2, 0.25) is 0 Å². The van der Waals surface area contributed by atoms with Crippen LogP contribution in [-0.4, -0.2) is 57.5 Å². The summed E-state index contributed by atoms with van der Waals surface area (Å²) in [4.78, 5) is 0. The first-order chi connectivity index (χ1) is 6.45. The number of nitrogens with one attached hydrogen (secondary N) is 2. The average molecular weight is 228 g/mol. The largest absolute Gasteiger partial charge is 0.389 e. The van der Waals surface area contributed by atoms with Crippen molar-refractivity contribution >= 4 is 10.3 Å². The van der Waals surface area contributed by atoms with E-state index in [1.54, 1.807) is 11.8 Å². The summed E-state index contributed by atoms with van der Waals surface area (Å²) in [6.45, 7) is 0.834. The van der Waals surface area contributed by atoms with Crippen LogP contribution in [0, 0.1) is 0 Å². The predicted molar refractivity (Wildman–Crippen MR) is 50.3 cm³/mol. The highest BCUT2D eigenvalue weighted by molar-refractivity contribution is 7.83. The number of hydrogen-bond donors (Lipinski definition) is 4. The van der Waals surface area contributed by atoms with E-state index in [0.29, 0.717) is 13.2 Å². The minimum Gasteiger partial charge on any atom is -0.389 e. The third-order valence-electron chi connectivity index (χ3n) is 1.31. The van der Waals surface area contributed by atoms with Crippen LogP contribution < -0.4 is 10.0 Å². The summed E-state index contributed by atoms with van der Waals surface area (Å²) in [6.07, 6.45) is -0.964. The maximum absolute atomic E-state index is 10.2. The maximum atomic E-state index is 10.2. The lowest BCUT2D eigenvalue weighted by Gasteiger charge is -2.10. The van der Waals surface area contributed by atoms with Crippen molar-refractivity contribution in [3.63, 3.8) is 0 Å². The van der Waals surface area contributed by atoms with Gasteiger partial charge in [-0.2, -0.15) is 13.1 Å². The van der Waals surface area contributed by atoms with Crippen LogP contribution in [0.5, 0.6) is 0 Å². The van der Waals surface area contributed by atoms with Gasteiger partial charge in [0.2, 0.25) is 0 Å². The molecular weight excluding hydrogens is 212 g/mol. The van der Waals surface area contributed by atoms with Gasteiger partial charge in [0.25, 0.3) is 0 Å². The average Bonchev–Trinajstić information content (AvgIpc) is 2.08. The van der Waals surface area contributed by atoms with Crippen molar-refractivity contribution in [3.05, 3.63) is 0 Å². The topological polar surface area (TPSA) is 108 Å². The van der Waals surface area contributed by atoms with Gasteiger partial charge in [0.05, 0.1) is 19.3 Å². The van der Waals surface area contributed by atoms with E-state index in [2.05, 4.69) is 5.32 Å². The fourth-order valence-corrected chi connectivity index (χ4v) is 1.06. The highest BCUT2D eigenvalue weighted by Crippen LogP contribution is 1.85. The molecule has 0 fully saturated rings. The van der Waals surface area contributed by atoms with E-state index in [0.717, 1.165) is 0 Å². The Hall–Kier alpha value is -0.250. The number of likely N-dealkylation sites (N-methyl/N-ethyl adjacent to an activating group) is 1. The van der Waals surface area contributed by atoms with Gasteiger partial charge in [-0.25, -0.2) is 0 Å². The molecule has 1 atom stereocenters. The van der Waals surface area contributed by atoms with Crippen molar-refractivity contribution in [2.24, 2.45) is 0 Å². The first kappa shape index (κ1) is 13.8. The zero-order chi connectivity index (χ0) is 11.0. The third-order valence-corrected chi connectivity index (χ3v) is 1.84. The molecule has 0 saturated heterocycles. The Kier molecular flexibility index (Phi) is 6.97. The molecule has 0 spiro atoms. The Bertz CT molecular complexity index is 230. The Morgan fingerprint density at radius 3 is 2.64 bits per heavy atom. The number of aliphatic hydroxyl groups is 1. The quantitative estimate of drug-likeness (QED) is 0.282. The van der Waals surface area contributed by atoms with Crippen molar-refractivity contribution in [1.82, 2.24) is 10.0 Å². The first-order valence-corrected chi connectivity index (χ1v) is 5.52. The molecule has 0 aliphatic heterocycles. The minimum atomic E-state index is -4.23. The molecule has 4 N–H and O–H groups in total. The van der Waals surface area contributed by atoms with Crippen LogP contribution in [0.4, 0.5) is 0 Å². The van der Waals surface area contributed by atoms with Gasteiger partial charge in [0.15, 0.2) is 0 Å². The predicted octanol–water partition coefficient (Wildman–Crippen LogP) is -2.02. The molecule has 0 aliphatic carbocycles. The van der Waals surface area contributed by atoms with Crippen LogP contribution >= 0.6 is 0 Å². The van der Waals surface area contributed by atoms with Crippen LogP contribution in [0.15, 0.2) is 0 Å². The van der Waals surface area contributed by atoms with Gasteiger partial charge in [-0.05, 0) is 7.05 Å². The number of aliphatic hydroxyl groups excluding tert-OH is 1. The van der Waals surface area contributed by atoms with Gasteiger partial charge >= 0.3 is 10.3 Å². The van der Waals surface area contributed by atoms with Crippen molar-refractivity contribution in [2.75, 3.05) is 33.4 Å². The molecule has 14 heavy (non-hydrogen) atoms. The van der Waals surface area contributed by atoms with E-state index >= 15 is 0 Å². The highest BCUT2D eigenvalue weighted by Gasteiger charge is 2.08. The molecule has 7 nitrogen and oxygen atoms in total. The first-order valence-electron chi connectivity index (χ1n) is 4.08. The Labute approximate surface area is 83.3 Å². The molecule has 1 unspecified atom stereocenters. The Morgan fingerprint density at radius 1 is 1.50 bits per heavy atom. The van der Waals surface area contributed by atoms with E-state index < -0.39 is 16.4 Å². The molecule has 0 saturated carbocycles. The second kappa shape index (κ2) is 7.10. The van der Waals surface area contributed by atoms with Gasteiger partial charge in [-0.3, -0.25) is 4.55 Å². The summed E-state index contributed by atoms with van der Waals surface area (Å²) in [5.41, 5.74) is 0. The second-order valence-electron chi connectivity index (χ2n) is 2.66. The van der Waals surface area contributed by atoms with E-state index in [4.69, 9.17) is 14.4 Å². The van der Waals surface area contributed by atoms with Gasteiger partial charge in [0.1, 0.15) is 0 Å². The molecule has 0 heterocycles. The molecule has 0 bridgehead atoms. The number of ether oxygens (including phenoxy) is 1. The molecule has 0 aromatic heterocycles. The summed E-state index contributed by atoms with van der Waals surface area (Å²) >= 11 is 0. The zero-order valence-electron chi connectivity index (χ0n) is 7.93. The lowest BCUT2D eigenvalue weighted by Crippen LogP contribution is -2.34. The summed E-state index contributed by atoms with van der Waals surface area (Å²) in [6, 6.07) is 0. The van der Waals surface area contributed by atoms with Crippen molar-refractivity contribution < 1.29 is 22.8 Å². The highest BCUT2D eigenvalue weighted by atomic mass is 32.2. The monoisotopic (exact) mass is 228 g/mol.